The summed E-state index contributed by atoms with van der Waals surface area (Å²) < 4.78 is 0. The Morgan fingerprint density at radius 2 is 1.66 bits per heavy atom. The van der Waals surface area contributed by atoms with E-state index in [1.54, 1.807) is 29.2 Å². The number of benzene rings is 3. The van der Waals surface area contributed by atoms with Crippen molar-refractivity contribution in [2.75, 3.05) is 6.54 Å². The number of carbonyl (C=O) groups is 2. The van der Waals surface area contributed by atoms with E-state index in [9.17, 15) is 14.7 Å². The molecule has 1 aliphatic rings. The Balaban J connectivity index is 1.82. The summed E-state index contributed by atoms with van der Waals surface area (Å²) in [7, 11) is 0. The van der Waals surface area contributed by atoms with Gasteiger partial charge in [-0.1, -0.05) is 71.8 Å². The highest BCUT2D eigenvalue weighted by Crippen LogP contribution is 2.40. The van der Waals surface area contributed by atoms with Crippen molar-refractivity contribution in [2.24, 2.45) is 0 Å². The molecule has 0 aliphatic carbocycles. The normalized spacial score (nSPS) is 17.7. The van der Waals surface area contributed by atoms with Crippen LogP contribution in [0.2, 0.25) is 5.02 Å². The van der Waals surface area contributed by atoms with E-state index >= 15 is 0 Å². The molecule has 1 unspecified atom stereocenters. The van der Waals surface area contributed by atoms with Crippen LogP contribution in [-0.2, 0) is 16.0 Å². The van der Waals surface area contributed by atoms with Crippen LogP contribution in [0.5, 0.6) is 0 Å². The van der Waals surface area contributed by atoms with Crippen molar-refractivity contribution in [1.29, 1.82) is 0 Å². The van der Waals surface area contributed by atoms with Crippen LogP contribution in [0.1, 0.15) is 33.9 Å². The van der Waals surface area contributed by atoms with Crippen molar-refractivity contribution < 1.29 is 14.7 Å². The van der Waals surface area contributed by atoms with Gasteiger partial charge in [0.15, 0.2) is 0 Å². The third kappa shape index (κ3) is 4.19. The predicted molar refractivity (Wildman–Crippen MR) is 127 cm³/mol. The van der Waals surface area contributed by atoms with E-state index in [4.69, 9.17) is 11.6 Å². The molecule has 0 bridgehead atoms. The number of halogens is 1. The van der Waals surface area contributed by atoms with E-state index in [2.05, 4.69) is 0 Å². The number of ketones is 1. The van der Waals surface area contributed by atoms with Gasteiger partial charge in [0.25, 0.3) is 11.7 Å². The van der Waals surface area contributed by atoms with E-state index in [0.717, 1.165) is 22.3 Å². The molecule has 1 amide bonds. The van der Waals surface area contributed by atoms with Crippen LogP contribution in [0.4, 0.5) is 0 Å². The first-order valence-electron chi connectivity index (χ1n) is 10.5. The third-order valence-corrected chi connectivity index (χ3v) is 6.11. The maximum atomic E-state index is 13.2. The first kappa shape index (κ1) is 21.8. The Bertz CT molecular complexity index is 1200. The molecular weight excluding hydrogens is 422 g/mol. The number of hydrogen-bond donors (Lipinski definition) is 1. The molecule has 1 N–H and O–H groups in total. The lowest BCUT2D eigenvalue weighted by Gasteiger charge is -2.25. The van der Waals surface area contributed by atoms with Crippen LogP contribution in [-0.4, -0.2) is 28.2 Å². The monoisotopic (exact) mass is 445 g/mol. The Morgan fingerprint density at radius 1 is 0.969 bits per heavy atom. The van der Waals surface area contributed by atoms with Gasteiger partial charge < -0.3 is 10.0 Å². The summed E-state index contributed by atoms with van der Waals surface area (Å²) >= 11 is 6.08. The summed E-state index contributed by atoms with van der Waals surface area (Å²) in [4.78, 5) is 27.8. The maximum absolute atomic E-state index is 13.2. The average Bonchev–Trinajstić information content (AvgIpc) is 3.05. The van der Waals surface area contributed by atoms with Crippen LogP contribution in [0.15, 0.2) is 78.4 Å². The van der Waals surface area contributed by atoms with Gasteiger partial charge in [0.2, 0.25) is 0 Å². The molecule has 3 aromatic rings. The summed E-state index contributed by atoms with van der Waals surface area (Å²) in [5.74, 6) is -1.42. The number of amides is 1. The Kier molecular flexibility index (Phi) is 6.15. The maximum Gasteiger partial charge on any atom is 0.295 e. The number of rotatable bonds is 5. The number of aliphatic hydroxyl groups is 1. The fourth-order valence-electron chi connectivity index (χ4n) is 4.13. The van der Waals surface area contributed by atoms with E-state index < -0.39 is 17.7 Å². The van der Waals surface area contributed by atoms with Gasteiger partial charge in [-0.25, -0.2) is 0 Å². The average molecular weight is 446 g/mol. The van der Waals surface area contributed by atoms with Crippen LogP contribution < -0.4 is 0 Å². The molecule has 0 aromatic heterocycles. The minimum atomic E-state index is -0.684. The largest absolute Gasteiger partial charge is 0.507 e. The summed E-state index contributed by atoms with van der Waals surface area (Å²) in [6.07, 6.45) is 0.599. The van der Waals surface area contributed by atoms with Crippen molar-refractivity contribution in [2.45, 2.75) is 26.3 Å². The predicted octanol–water partition coefficient (Wildman–Crippen LogP) is 5.62. The van der Waals surface area contributed by atoms with Crippen LogP contribution in [0.3, 0.4) is 0 Å². The highest BCUT2D eigenvalue weighted by molar-refractivity contribution is 6.46. The number of nitrogens with zero attached hydrogens (tertiary/aromatic N) is 1. The lowest BCUT2D eigenvalue weighted by molar-refractivity contribution is -0.139. The van der Waals surface area contributed by atoms with Crippen molar-refractivity contribution >= 4 is 29.1 Å². The Labute approximate surface area is 192 Å². The fraction of sp³-hybridized carbons (Fsp3) is 0.185. The SMILES string of the molecule is Cc1ccc(C)c(/C(O)=C2\C(=O)C(=O)N(CCc3ccccc3)C2c2ccc(Cl)cc2)c1. The second kappa shape index (κ2) is 9.01. The Hall–Kier alpha value is -3.37. The summed E-state index contributed by atoms with van der Waals surface area (Å²) in [6.45, 7) is 4.15. The van der Waals surface area contributed by atoms with Gasteiger partial charge >= 0.3 is 0 Å². The molecule has 4 rings (SSSR count). The lowest BCUT2D eigenvalue weighted by atomic mass is 9.93. The molecule has 5 heteroatoms. The van der Waals surface area contributed by atoms with E-state index in [-0.39, 0.29) is 11.3 Å². The van der Waals surface area contributed by atoms with Crippen LogP contribution in [0, 0.1) is 13.8 Å². The molecule has 0 radical (unpaired) electrons. The minimum absolute atomic E-state index is 0.110. The van der Waals surface area contributed by atoms with E-state index in [1.165, 1.54) is 0 Å². The van der Waals surface area contributed by atoms with Gasteiger partial charge in [-0.3, -0.25) is 9.59 Å². The lowest BCUT2D eigenvalue weighted by Crippen LogP contribution is -2.31. The fourth-order valence-corrected chi connectivity index (χ4v) is 4.26. The van der Waals surface area contributed by atoms with Crippen molar-refractivity contribution in [3.05, 3.63) is 111 Å². The first-order chi connectivity index (χ1) is 15.4. The molecule has 3 aromatic carbocycles. The van der Waals surface area contributed by atoms with Gasteiger partial charge in [-0.2, -0.15) is 0 Å². The standard InChI is InChI=1S/C27H24ClNO3/c1-17-8-9-18(2)22(16-17)25(30)23-24(20-10-12-21(28)13-11-20)29(27(32)26(23)31)15-14-19-6-4-3-5-7-19/h3-13,16,24,30H,14-15H2,1-2H3/b25-23+. The highest BCUT2D eigenvalue weighted by atomic mass is 35.5. The molecule has 0 saturated carbocycles. The van der Waals surface area contributed by atoms with Crippen LogP contribution >= 0.6 is 11.6 Å². The molecule has 1 fully saturated rings. The minimum Gasteiger partial charge on any atom is -0.507 e. The van der Waals surface area contributed by atoms with Crippen LogP contribution in [0.25, 0.3) is 5.76 Å². The van der Waals surface area contributed by atoms with Gasteiger partial charge in [0.1, 0.15) is 5.76 Å². The number of Topliss-reactive ketones (excluding diaryl/α,β-unsaturated/α-hetero) is 1. The van der Waals surface area contributed by atoms with Crippen molar-refractivity contribution in [1.82, 2.24) is 4.90 Å². The highest BCUT2D eigenvalue weighted by Gasteiger charge is 2.45. The van der Waals surface area contributed by atoms with Gasteiger partial charge in [-0.05, 0) is 55.2 Å². The van der Waals surface area contributed by atoms with Crippen molar-refractivity contribution in [3.63, 3.8) is 0 Å². The molecule has 4 nitrogen and oxygen atoms in total. The summed E-state index contributed by atoms with van der Waals surface area (Å²) in [5, 5.41) is 11.8. The Morgan fingerprint density at radius 3 is 2.34 bits per heavy atom. The smallest absolute Gasteiger partial charge is 0.295 e. The topological polar surface area (TPSA) is 57.6 Å². The number of carbonyl (C=O) groups excluding carboxylic acids is 2. The molecular formula is C27H24ClNO3. The molecule has 1 atom stereocenters. The zero-order valence-electron chi connectivity index (χ0n) is 18.0. The van der Waals surface area contributed by atoms with Gasteiger partial charge in [-0.15, -0.1) is 0 Å². The quantitative estimate of drug-likeness (QED) is 0.315. The molecule has 1 heterocycles. The third-order valence-electron chi connectivity index (χ3n) is 5.86. The number of aryl methyl sites for hydroxylation is 2. The van der Waals surface area contributed by atoms with E-state index in [1.807, 2.05) is 62.4 Å². The zero-order chi connectivity index (χ0) is 22.8. The second-order valence-electron chi connectivity index (χ2n) is 8.10. The van der Waals surface area contributed by atoms with Crippen molar-refractivity contribution in [3.8, 4) is 0 Å². The van der Waals surface area contributed by atoms with E-state index in [0.29, 0.717) is 23.6 Å². The van der Waals surface area contributed by atoms with Gasteiger partial charge in [0, 0.05) is 17.1 Å². The summed E-state index contributed by atoms with van der Waals surface area (Å²) in [6, 6.07) is 21.8. The molecule has 162 valence electrons. The number of likely N-dealkylation sites (tertiary alicyclic amines) is 1. The summed E-state index contributed by atoms with van der Waals surface area (Å²) in [5.41, 5.74) is 4.26. The molecule has 1 aliphatic heterocycles. The first-order valence-corrected chi connectivity index (χ1v) is 10.9. The second-order valence-corrected chi connectivity index (χ2v) is 8.53. The molecule has 0 spiro atoms. The number of aliphatic hydroxyl groups excluding tert-OH is 1. The zero-order valence-corrected chi connectivity index (χ0v) is 18.8. The number of hydrogen-bond acceptors (Lipinski definition) is 3. The van der Waals surface area contributed by atoms with Gasteiger partial charge in [0.05, 0.1) is 11.6 Å². The molecule has 32 heavy (non-hydrogen) atoms. The molecule has 1 saturated heterocycles.